The molecule has 0 amide bonds. The highest BCUT2D eigenvalue weighted by molar-refractivity contribution is 7.84. The van der Waals surface area contributed by atoms with Crippen LogP contribution in [0.1, 0.15) is 59.1 Å². The van der Waals surface area contributed by atoms with Crippen LogP contribution in [-0.2, 0) is 42.1 Å². The molecule has 1 rings (SSSR count). The van der Waals surface area contributed by atoms with Gasteiger partial charge in [0.2, 0.25) is 0 Å². The lowest BCUT2D eigenvalue weighted by atomic mass is 9.86. The molecule has 1 aromatic carbocycles. The number of carbonyl (C=O) groups is 3. The van der Waals surface area contributed by atoms with Gasteiger partial charge in [-0.25, -0.2) is 13.3 Å². The minimum absolute atomic E-state index is 0.0866. The van der Waals surface area contributed by atoms with E-state index < -0.39 is 45.4 Å². The summed E-state index contributed by atoms with van der Waals surface area (Å²) in [4.78, 5) is 34.7. The Balaban J connectivity index is 3.33. The van der Waals surface area contributed by atoms with Crippen LogP contribution in [0.2, 0.25) is 0 Å². The maximum atomic E-state index is 14.7. The Hall–Kier alpha value is -1.93. The first-order valence-corrected chi connectivity index (χ1v) is 10.0. The van der Waals surface area contributed by atoms with Crippen molar-refractivity contribution >= 4 is 28.5 Å². The summed E-state index contributed by atoms with van der Waals surface area (Å²) in [6.45, 7) is 8.98. The van der Waals surface area contributed by atoms with E-state index in [-0.39, 0.29) is 24.2 Å². The highest BCUT2D eigenvalue weighted by Crippen LogP contribution is 2.30. The second-order valence-corrected chi connectivity index (χ2v) is 9.97. The van der Waals surface area contributed by atoms with E-state index in [9.17, 15) is 23.0 Å². The first kappa shape index (κ1) is 24.1. The van der Waals surface area contributed by atoms with Crippen LogP contribution in [0.15, 0.2) is 18.2 Å². The molecule has 0 unspecified atom stereocenters. The fraction of sp³-hybridized carbons (Fsp3) is 0.550. The van der Waals surface area contributed by atoms with Crippen molar-refractivity contribution in [1.82, 2.24) is 4.72 Å². The van der Waals surface area contributed by atoms with Gasteiger partial charge in [0, 0.05) is 25.3 Å². The maximum absolute atomic E-state index is 14.7. The van der Waals surface area contributed by atoms with Crippen LogP contribution in [-0.4, -0.2) is 33.1 Å². The number of carbonyl (C=O) groups excluding carboxylic acids is 3. The van der Waals surface area contributed by atoms with E-state index in [2.05, 4.69) is 4.72 Å². The van der Waals surface area contributed by atoms with Gasteiger partial charge < -0.3 is 4.74 Å². The molecular weight excluding hydrogens is 385 g/mol. The Bertz CT molecular complexity index is 787. The third kappa shape index (κ3) is 7.24. The number of ketones is 2. The van der Waals surface area contributed by atoms with Gasteiger partial charge in [-0.1, -0.05) is 12.1 Å². The van der Waals surface area contributed by atoms with Gasteiger partial charge in [0.05, 0.1) is 21.3 Å². The Morgan fingerprint density at radius 2 is 1.75 bits per heavy atom. The molecule has 0 aliphatic heterocycles. The van der Waals surface area contributed by atoms with E-state index in [1.807, 2.05) is 0 Å². The number of hydrogen-bond donors (Lipinski definition) is 1. The Morgan fingerprint density at radius 3 is 2.25 bits per heavy atom. The van der Waals surface area contributed by atoms with Crippen molar-refractivity contribution in [3.05, 3.63) is 35.1 Å². The zero-order chi connectivity index (χ0) is 21.7. The third-order valence-electron chi connectivity index (χ3n) is 3.94. The molecule has 0 aromatic heterocycles. The van der Waals surface area contributed by atoms with Gasteiger partial charge in [0.15, 0.2) is 5.78 Å². The first-order valence-electron chi connectivity index (χ1n) is 8.87. The van der Waals surface area contributed by atoms with E-state index in [1.165, 1.54) is 32.0 Å². The molecule has 6 nitrogen and oxygen atoms in total. The van der Waals surface area contributed by atoms with Crippen molar-refractivity contribution in [1.29, 1.82) is 0 Å². The number of rotatable bonds is 9. The van der Waals surface area contributed by atoms with Crippen molar-refractivity contribution < 1.29 is 27.7 Å². The minimum Gasteiger partial charge on any atom is -0.458 e. The highest BCUT2D eigenvalue weighted by atomic mass is 32.2. The molecule has 156 valence electrons. The van der Waals surface area contributed by atoms with Crippen molar-refractivity contribution in [2.45, 2.75) is 64.7 Å². The molecule has 0 heterocycles. The van der Waals surface area contributed by atoms with Crippen LogP contribution in [0.5, 0.6) is 0 Å². The summed E-state index contributed by atoms with van der Waals surface area (Å²) in [5.41, 5.74) is -0.613. The average Bonchev–Trinajstić information content (AvgIpc) is 2.53. The number of nitrogens with one attached hydrogen (secondary N) is 1. The van der Waals surface area contributed by atoms with Gasteiger partial charge in [-0.2, -0.15) is 0 Å². The summed E-state index contributed by atoms with van der Waals surface area (Å²) >= 11 is 0. The Morgan fingerprint density at radius 1 is 1.14 bits per heavy atom. The highest BCUT2D eigenvalue weighted by Gasteiger charge is 2.36. The van der Waals surface area contributed by atoms with E-state index in [1.54, 1.807) is 27.7 Å². The van der Waals surface area contributed by atoms with Crippen molar-refractivity contribution in [3.63, 3.8) is 0 Å². The predicted molar refractivity (Wildman–Crippen MR) is 105 cm³/mol. The molecule has 2 atom stereocenters. The summed E-state index contributed by atoms with van der Waals surface area (Å²) < 4.78 is 34.3. The normalized spacial score (nSPS) is 14.8. The van der Waals surface area contributed by atoms with E-state index in [0.717, 1.165) is 0 Å². The van der Waals surface area contributed by atoms with Crippen molar-refractivity contribution in [2.24, 2.45) is 0 Å². The van der Waals surface area contributed by atoms with Crippen LogP contribution < -0.4 is 4.72 Å². The minimum atomic E-state index is -1.61. The molecule has 0 fully saturated rings. The largest absolute Gasteiger partial charge is 0.458 e. The van der Waals surface area contributed by atoms with Crippen LogP contribution >= 0.6 is 0 Å². The van der Waals surface area contributed by atoms with Crippen LogP contribution in [0.3, 0.4) is 0 Å². The first-order chi connectivity index (χ1) is 12.7. The van der Waals surface area contributed by atoms with E-state index in [4.69, 9.17) is 4.74 Å². The molecule has 0 aliphatic rings. The van der Waals surface area contributed by atoms with Crippen LogP contribution in [0.25, 0.3) is 0 Å². The molecule has 0 bridgehead atoms. The maximum Gasteiger partial charge on any atom is 0.303 e. The van der Waals surface area contributed by atoms with Crippen LogP contribution in [0, 0.1) is 5.82 Å². The SMILES string of the molecule is CC(=O)Cc1ccc(F)c([C@](C)(CC(=O)COC(C)=O)N[S@](=O)C(C)(C)C)c1. The second kappa shape index (κ2) is 9.52. The molecule has 0 radical (unpaired) electrons. The van der Waals surface area contributed by atoms with Gasteiger partial charge in [0.1, 0.15) is 18.2 Å². The summed E-state index contributed by atoms with van der Waals surface area (Å²) in [5.74, 6) is -1.73. The zero-order valence-electron chi connectivity index (χ0n) is 17.2. The van der Waals surface area contributed by atoms with Crippen molar-refractivity contribution in [3.8, 4) is 0 Å². The van der Waals surface area contributed by atoms with Gasteiger partial charge in [0.25, 0.3) is 0 Å². The fourth-order valence-corrected chi connectivity index (χ4v) is 3.46. The summed E-state index contributed by atoms with van der Waals surface area (Å²) in [6, 6.07) is 4.23. The molecule has 0 saturated heterocycles. The fourth-order valence-electron chi connectivity index (χ4n) is 2.56. The summed E-state index contributed by atoms with van der Waals surface area (Å²) in [6.07, 6.45) is -0.129. The number of benzene rings is 1. The molecule has 0 saturated carbocycles. The lowest BCUT2D eigenvalue weighted by Crippen LogP contribution is -2.48. The number of halogens is 1. The molecule has 1 N–H and O–H groups in total. The zero-order valence-corrected chi connectivity index (χ0v) is 18.0. The Labute approximate surface area is 167 Å². The summed E-state index contributed by atoms with van der Waals surface area (Å²) in [5, 5.41) is 0. The third-order valence-corrected chi connectivity index (χ3v) is 5.69. The molecule has 0 aliphatic carbocycles. The summed E-state index contributed by atoms with van der Waals surface area (Å²) in [7, 11) is -1.61. The van der Waals surface area contributed by atoms with Gasteiger partial charge >= 0.3 is 5.97 Å². The van der Waals surface area contributed by atoms with Gasteiger partial charge in [-0.3, -0.25) is 14.4 Å². The number of Topliss-reactive ketones (excluding diaryl/α,β-unsaturated/α-hetero) is 2. The van der Waals surface area contributed by atoms with Gasteiger partial charge in [-0.15, -0.1) is 0 Å². The van der Waals surface area contributed by atoms with E-state index in [0.29, 0.717) is 5.56 Å². The molecule has 8 heteroatoms. The standard InChI is InChI=1S/C20H28FNO5S/c1-13(23)9-15-7-8-18(21)17(10-15)20(6,22-28(26)19(3,4)5)11-16(25)12-27-14(2)24/h7-8,10,22H,9,11-12H2,1-6H3/t20-,28+/m0/s1. The average molecular weight is 414 g/mol. The quantitative estimate of drug-likeness (QED) is 0.629. The number of hydrogen-bond acceptors (Lipinski definition) is 5. The molecule has 28 heavy (non-hydrogen) atoms. The topological polar surface area (TPSA) is 89.5 Å². The lowest BCUT2D eigenvalue weighted by Gasteiger charge is -2.34. The smallest absolute Gasteiger partial charge is 0.303 e. The monoisotopic (exact) mass is 413 g/mol. The van der Waals surface area contributed by atoms with Crippen molar-refractivity contribution in [2.75, 3.05) is 6.61 Å². The number of esters is 1. The molecule has 0 spiro atoms. The molecule has 1 aromatic rings. The second-order valence-electron chi connectivity index (χ2n) is 8.00. The van der Waals surface area contributed by atoms with Crippen LogP contribution in [0.4, 0.5) is 4.39 Å². The number of ether oxygens (including phenoxy) is 1. The lowest BCUT2D eigenvalue weighted by molar-refractivity contribution is -0.146. The Kier molecular flexibility index (Phi) is 8.19. The molecular formula is C20H28FNO5S. The van der Waals surface area contributed by atoms with Gasteiger partial charge in [-0.05, 0) is 46.2 Å². The predicted octanol–water partition coefficient (Wildman–Crippen LogP) is 2.75. The van der Waals surface area contributed by atoms with E-state index >= 15 is 0 Å².